The van der Waals surface area contributed by atoms with Gasteiger partial charge in [0.25, 0.3) is 5.69 Å². The average molecular weight is 337 g/mol. The molecular formula is C9H7Br2NO3. The van der Waals surface area contributed by atoms with E-state index in [-0.39, 0.29) is 16.8 Å². The molecule has 0 unspecified atom stereocenters. The largest absolute Gasteiger partial charge is 0.293 e. The van der Waals surface area contributed by atoms with Crippen LogP contribution in [0.5, 0.6) is 0 Å². The van der Waals surface area contributed by atoms with Crippen molar-refractivity contribution in [2.75, 3.05) is 5.33 Å². The second-order valence-electron chi connectivity index (χ2n) is 2.93. The highest BCUT2D eigenvalue weighted by atomic mass is 79.9. The molecule has 80 valence electrons. The molecule has 0 aliphatic carbocycles. The van der Waals surface area contributed by atoms with E-state index in [1.807, 2.05) is 0 Å². The summed E-state index contributed by atoms with van der Waals surface area (Å²) in [6.45, 7) is 1.63. The number of carbonyl (C=O) groups is 1. The third kappa shape index (κ3) is 2.63. The molecule has 1 aromatic carbocycles. The smallest absolute Gasteiger partial charge is 0.273 e. The van der Waals surface area contributed by atoms with E-state index >= 15 is 0 Å². The molecule has 0 N–H and O–H groups in total. The summed E-state index contributed by atoms with van der Waals surface area (Å²) >= 11 is 6.23. The van der Waals surface area contributed by atoms with E-state index in [0.717, 1.165) is 0 Å². The highest BCUT2D eigenvalue weighted by molar-refractivity contribution is 9.10. The maximum absolute atomic E-state index is 11.4. The van der Waals surface area contributed by atoms with E-state index in [1.54, 1.807) is 13.0 Å². The molecule has 0 radical (unpaired) electrons. The summed E-state index contributed by atoms with van der Waals surface area (Å²) in [7, 11) is 0. The Labute approximate surface area is 103 Å². The third-order valence-corrected chi connectivity index (χ3v) is 3.07. The quantitative estimate of drug-likeness (QED) is 0.368. The van der Waals surface area contributed by atoms with Crippen molar-refractivity contribution >= 4 is 43.3 Å². The number of Topliss-reactive ketones (excluding diaryl/α,β-unsaturated/α-hetero) is 1. The molecule has 0 saturated heterocycles. The van der Waals surface area contributed by atoms with Crippen LogP contribution in [0.4, 0.5) is 5.69 Å². The van der Waals surface area contributed by atoms with Crippen LogP contribution in [-0.2, 0) is 0 Å². The van der Waals surface area contributed by atoms with Gasteiger partial charge in [0.1, 0.15) is 0 Å². The van der Waals surface area contributed by atoms with Crippen LogP contribution in [0, 0.1) is 17.0 Å². The highest BCUT2D eigenvalue weighted by Gasteiger charge is 2.17. The molecule has 0 amide bonds. The zero-order valence-corrected chi connectivity index (χ0v) is 11.0. The Bertz CT molecular complexity index is 432. The summed E-state index contributed by atoms with van der Waals surface area (Å²) in [5.74, 6) is -0.190. The Morgan fingerprint density at radius 2 is 2.13 bits per heavy atom. The zero-order chi connectivity index (χ0) is 11.6. The number of nitro benzene ring substituents is 1. The number of nitro groups is 1. The Hall–Kier alpha value is -0.750. The van der Waals surface area contributed by atoms with Gasteiger partial charge in [-0.1, -0.05) is 31.9 Å². The average Bonchev–Trinajstić information content (AvgIpc) is 2.16. The number of nitrogens with zero attached hydrogens (tertiary/aromatic N) is 1. The molecule has 0 aromatic heterocycles. The number of carbonyl (C=O) groups excluding carboxylic acids is 1. The van der Waals surface area contributed by atoms with Gasteiger partial charge in [0, 0.05) is 21.7 Å². The number of benzene rings is 1. The number of hydrogen-bond donors (Lipinski definition) is 0. The fourth-order valence-electron chi connectivity index (χ4n) is 1.14. The highest BCUT2D eigenvalue weighted by Crippen LogP contribution is 2.27. The zero-order valence-electron chi connectivity index (χ0n) is 7.79. The van der Waals surface area contributed by atoms with Crippen LogP contribution in [0.1, 0.15) is 15.9 Å². The van der Waals surface area contributed by atoms with Gasteiger partial charge in [-0.3, -0.25) is 14.9 Å². The predicted octanol–water partition coefficient (Wildman–Crippen LogP) is 3.24. The maximum Gasteiger partial charge on any atom is 0.273 e. The number of hydrogen-bond acceptors (Lipinski definition) is 3. The lowest BCUT2D eigenvalue weighted by Crippen LogP contribution is -2.03. The van der Waals surface area contributed by atoms with Crippen molar-refractivity contribution in [2.45, 2.75) is 6.92 Å². The first-order valence-corrected chi connectivity index (χ1v) is 5.92. The summed E-state index contributed by atoms with van der Waals surface area (Å²) in [6.07, 6.45) is 0. The molecule has 0 fully saturated rings. The van der Waals surface area contributed by atoms with Crippen LogP contribution in [0.2, 0.25) is 0 Å². The number of aryl methyl sites for hydroxylation is 1. The molecule has 0 saturated carbocycles. The summed E-state index contributed by atoms with van der Waals surface area (Å²) in [5, 5.41) is 10.8. The molecule has 0 atom stereocenters. The maximum atomic E-state index is 11.4. The molecule has 4 nitrogen and oxygen atoms in total. The number of ketones is 1. The molecule has 0 aliphatic heterocycles. The molecule has 0 bridgehead atoms. The Morgan fingerprint density at radius 3 is 2.60 bits per heavy atom. The fourth-order valence-corrected chi connectivity index (χ4v) is 2.12. The van der Waals surface area contributed by atoms with Crippen LogP contribution < -0.4 is 0 Å². The summed E-state index contributed by atoms with van der Waals surface area (Å²) in [4.78, 5) is 21.6. The van der Waals surface area contributed by atoms with Gasteiger partial charge in [0.2, 0.25) is 0 Å². The van der Waals surface area contributed by atoms with Crippen molar-refractivity contribution in [1.29, 1.82) is 0 Å². The van der Waals surface area contributed by atoms with E-state index in [1.165, 1.54) is 6.07 Å². The van der Waals surface area contributed by atoms with E-state index in [0.29, 0.717) is 15.6 Å². The minimum absolute atomic E-state index is 0.0394. The van der Waals surface area contributed by atoms with Gasteiger partial charge in [-0.05, 0) is 13.0 Å². The molecule has 1 rings (SSSR count). The van der Waals surface area contributed by atoms with Gasteiger partial charge in [0.05, 0.1) is 10.3 Å². The number of rotatable bonds is 3. The number of halogens is 2. The lowest BCUT2D eigenvalue weighted by molar-refractivity contribution is -0.385. The minimum atomic E-state index is -0.493. The Morgan fingerprint density at radius 1 is 1.53 bits per heavy atom. The molecule has 1 aromatic rings. The van der Waals surface area contributed by atoms with Crippen molar-refractivity contribution in [2.24, 2.45) is 0 Å². The van der Waals surface area contributed by atoms with E-state index in [4.69, 9.17) is 0 Å². The van der Waals surface area contributed by atoms with Crippen LogP contribution in [-0.4, -0.2) is 16.0 Å². The molecule has 0 heterocycles. The Kier molecular flexibility index (Phi) is 3.98. The van der Waals surface area contributed by atoms with Crippen molar-refractivity contribution < 1.29 is 9.72 Å². The van der Waals surface area contributed by atoms with Gasteiger partial charge in [-0.25, -0.2) is 0 Å². The van der Waals surface area contributed by atoms with Gasteiger partial charge in [-0.15, -0.1) is 0 Å². The minimum Gasteiger partial charge on any atom is -0.293 e. The topological polar surface area (TPSA) is 60.2 Å². The van der Waals surface area contributed by atoms with Crippen molar-refractivity contribution in [3.8, 4) is 0 Å². The van der Waals surface area contributed by atoms with Crippen molar-refractivity contribution in [3.63, 3.8) is 0 Å². The SMILES string of the molecule is Cc1cc(Br)c(C(=O)CBr)cc1[N+](=O)[O-]. The summed E-state index contributed by atoms with van der Waals surface area (Å²) in [5.41, 5.74) is 0.810. The fraction of sp³-hybridized carbons (Fsp3) is 0.222. The van der Waals surface area contributed by atoms with Crippen molar-refractivity contribution in [3.05, 3.63) is 37.8 Å². The van der Waals surface area contributed by atoms with E-state index in [9.17, 15) is 14.9 Å². The van der Waals surface area contributed by atoms with Crippen LogP contribution >= 0.6 is 31.9 Å². The molecule has 6 heteroatoms. The Balaban J connectivity index is 3.36. The predicted molar refractivity (Wildman–Crippen MR) is 63.7 cm³/mol. The lowest BCUT2D eigenvalue weighted by atomic mass is 10.1. The molecule has 0 spiro atoms. The second-order valence-corrected chi connectivity index (χ2v) is 4.35. The number of alkyl halides is 1. The van der Waals surface area contributed by atoms with E-state index in [2.05, 4.69) is 31.9 Å². The van der Waals surface area contributed by atoms with Crippen LogP contribution in [0.3, 0.4) is 0 Å². The van der Waals surface area contributed by atoms with Gasteiger partial charge < -0.3 is 0 Å². The standard InChI is InChI=1S/C9H7Br2NO3/c1-5-2-7(11)6(9(13)4-10)3-8(5)12(14)15/h2-3H,4H2,1H3. The lowest BCUT2D eigenvalue weighted by Gasteiger charge is -2.03. The first-order valence-electron chi connectivity index (χ1n) is 4.01. The van der Waals surface area contributed by atoms with Crippen LogP contribution in [0.15, 0.2) is 16.6 Å². The summed E-state index contributed by atoms with van der Waals surface area (Å²) in [6, 6.07) is 2.87. The van der Waals surface area contributed by atoms with Crippen LogP contribution in [0.25, 0.3) is 0 Å². The second kappa shape index (κ2) is 4.85. The first-order chi connectivity index (χ1) is 6.97. The van der Waals surface area contributed by atoms with Gasteiger partial charge in [0.15, 0.2) is 5.78 Å². The monoisotopic (exact) mass is 335 g/mol. The van der Waals surface area contributed by atoms with Gasteiger partial charge >= 0.3 is 0 Å². The molecule has 15 heavy (non-hydrogen) atoms. The normalized spacial score (nSPS) is 10.1. The molecular weight excluding hydrogens is 330 g/mol. The third-order valence-electron chi connectivity index (χ3n) is 1.90. The first kappa shape index (κ1) is 12.3. The van der Waals surface area contributed by atoms with Gasteiger partial charge in [-0.2, -0.15) is 0 Å². The van der Waals surface area contributed by atoms with E-state index < -0.39 is 4.92 Å². The van der Waals surface area contributed by atoms with Crippen molar-refractivity contribution in [1.82, 2.24) is 0 Å². The molecule has 0 aliphatic rings. The summed E-state index contributed by atoms with van der Waals surface area (Å²) < 4.78 is 0.579.